The Bertz CT molecular complexity index is 1180. The summed E-state index contributed by atoms with van der Waals surface area (Å²) in [6.07, 6.45) is 1.88. The van der Waals surface area contributed by atoms with E-state index in [9.17, 15) is 14.4 Å². The highest BCUT2D eigenvalue weighted by molar-refractivity contribution is 9.10. The molecule has 0 fully saturated rings. The molecule has 0 saturated carbocycles. The van der Waals surface area contributed by atoms with Gasteiger partial charge in [-0.25, -0.2) is 9.67 Å². The average Bonchev–Trinajstić information content (AvgIpc) is 3.11. The van der Waals surface area contributed by atoms with Crippen LogP contribution >= 0.6 is 39.1 Å². The minimum atomic E-state index is -0.574. The number of anilines is 1. The van der Waals surface area contributed by atoms with Gasteiger partial charge in [0.2, 0.25) is 6.41 Å². The number of aryl methyl sites for hydroxylation is 1. The predicted octanol–water partition coefficient (Wildman–Crippen LogP) is 3.63. The molecule has 3 rings (SSSR count). The predicted molar refractivity (Wildman–Crippen MR) is 120 cm³/mol. The Labute approximate surface area is 195 Å². The minimum Gasteiger partial charge on any atom is -0.320 e. The van der Waals surface area contributed by atoms with Crippen molar-refractivity contribution >= 4 is 63.0 Å². The van der Waals surface area contributed by atoms with Gasteiger partial charge in [-0.2, -0.15) is 5.10 Å². The van der Waals surface area contributed by atoms with Crippen LogP contribution < -0.4 is 10.7 Å². The first-order chi connectivity index (χ1) is 14.7. The molecule has 31 heavy (non-hydrogen) atoms. The number of carbonyl (C=O) groups is 3. The van der Waals surface area contributed by atoms with Gasteiger partial charge in [0.25, 0.3) is 11.8 Å². The fraction of sp³-hybridized carbons (Fsp3) is 0.105. The van der Waals surface area contributed by atoms with Gasteiger partial charge in [0, 0.05) is 24.3 Å². The zero-order chi connectivity index (χ0) is 22.7. The van der Waals surface area contributed by atoms with E-state index in [-0.39, 0.29) is 22.8 Å². The van der Waals surface area contributed by atoms with Crippen LogP contribution in [0.4, 0.5) is 5.69 Å². The lowest BCUT2D eigenvalue weighted by atomic mass is 10.1. The summed E-state index contributed by atoms with van der Waals surface area (Å²) in [6.45, 7) is 1.69. The highest BCUT2D eigenvalue weighted by Gasteiger charge is 2.23. The van der Waals surface area contributed by atoms with Gasteiger partial charge < -0.3 is 5.32 Å². The van der Waals surface area contributed by atoms with E-state index in [4.69, 9.17) is 23.2 Å². The van der Waals surface area contributed by atoms with Crippen LogP contribution in [0, 0.1) is 6.92 Å². The van der Waals surface area contributed by atoms with Crippen molar-refractivity contribution in [1.29, 1.82) is 0 Å². The van der Waals surface area contributed by atoms with Crippen LogP contribution in [0.5, 0.6) is 0 Å². The number of amides is 3. The number of rotatable bonds is 6. The van der Waals surface area contributed by atoms with Gasteiger partial charge >= 0.3 is 0 Å². The second kappa shape index (κ2) is 9.46. The first-order valence-corrected chi connectivity index (χ1v) is 10.2. The fourth-order valence-electron chi connectivity index (χ4n) is 2.78. The van der Waals surface area contributed by atoms with Crippen molar-refractivity contribution in [3.05, 3.63) is 68.0 Å². The van der Waals surface area contributed by atoms with Gasteiger partial charge in [0.05, 0.1) is 16.3 Å². The van der Waals surface area contributed by atoms with E-state index >= 15 is 0 Å². The van der Waals surface area contributed by atoms with E-state index in [2.05, 4.69) is 36.8 Å². The second-order valence-corrected chi connectivity index (χ2v) is 7.94. The molecule has 0 unspecified atom stereocenters. The van der Waals surface area contributed by atoms with Crippen molar-refractivity contribution in [2.75, 3.05) is 12.4 Å². The van der Waals surface area contributed by atoms with E-state index in [1.807, 2.05) is 0 Å². The highest BCUT2D eigenvalue weighted by atomic mass is 79.9. The molecule has 2 aromatic heterocycles. The largest absolute Gasteiger partial charge is 0.320 e. The van der Waals surface area contributed by atoms with Crippen molar-refractivity contribution in [2.24, 2.45) is 0 Å². The van der Waals surface area contributed by atoms with E-state index in [0.717, 1.165) is 5.01 Å². The van der Waals surface area contributed by atoms with Crippen molar-refractivity contribution in [1.82, 2.24) is 25.2 Å². The summed E-state index contributed by atoms with van der Waals surface area (Å²) in [5.74, 6) is -0.875. The number of hydrogen-bond acceptors (Lipinski definition) is 5. The smallest absolute Gasteiger partial charge is 0.274 e. The Hall–Kier alpha value is -2.95. The van der Waals surface area contributed by atoms with E-state index in [1.165, 1.54) is 30.1 Å². The molecule has 2 N–H and O–H groups in total. The summed E-state index contributed by atoms with van der Waals surface area (Å²) in [4.78, 5) is 40.8. The maximum Gasteiger partial charge on any atom is 0.274 e. The molecule has 0 radical (unpaired) electrons. The van der Waals surface area contributed by atoms with E-state index < -0.39 is 11.8 Å². The molecule has 3 amide bonds. The normalized spacial score (nSPS) is 10.5. The summed E-state index contributed by atoms with van der Waals surface area (Å²) < 4.78 is 1.67. The summed E-state index contributed by atoms with van der Waals surface area (Å²) >= 11 is 15.6. The third-order valence-electron chi connectivity index (χ3n) is 4.17. The van der Waals surface area contributed by atoms with E-state index in [0.29, 0.717) is 26.6 Å². The molecule has 9 nitrogen and oxygen atoms in total. The first kappa shape index (κ1) is 22.7. The van der Waals surface area contributed by atoms with Gasteiger partial charge in [-0.15, -0.1) is 0 Å². The Kier molecular flexibility index (Phi) is 6.94. The second-order valence-electron chi connectivity index (χ2n) is 6.28. The fourth-order valence-corrected chi connectivity index (χ4v) is 3.63. The average molecular weight is 526 g/mol. The topological polar surface area (TPSA) is 109 Å². The molecule has 1 aromatic carbocycles. The number of pyridine rings is 1. The molecule has 2 heterocycles. The molecule has 0 spiro atoms. The van der Waals surface area contributed by atoms with Gasteiger partial charge in [0.15, 0.2) is 5.82 Å². The van der Waals surface area contributed by atoms with Gasteiger partial charge in [-0.3, -0.25) is 24.8 Å². The van der Waals surface area contributed by atoms with Crippen LogP contribution in [-0.2, 0) is 4.79 Å². The molecule has 3 aromatic rings. The maximum atomic E-state index is 13.1. The number of hydrazine groups is 1. The molecule has 160 valence electrons. The SMILES string of the molecule is Cc1cc(Cl)cc(C(=O)N(C)NC=O)c1NC(=O)c1cc(Br)nn1-c1ncccc1Cl. The van der Waals surface area contributed by atoms with Gasteiger partial charge in [-0.1, -0.05) is 23.2 Å². The molecule has 0 saturated heterocycles. The highest BCUT2D eigenvalue weighted by Crippen LogP contribution is 2.28. The number of hydrogen-bond donors (Lipinski definition) is 2. The number of nitrogens with zero attached hydrogens (tertiary/aromatic N) is 4. The van der Waals surface area contributed by atoms with Crippen molar-refractivity contribution < 1.29 is 14.4 Å². The Morgan fingerprint density at radius 1 is 1.26 bits per heavy atom. The first-order valence-electron chi connectivity index (χ1n) is 8.68. The van der Waals surface area contributed by atoms with Crippen molar-refractivity contribution in [3.8, 4) is 5.82 Å². The van der Waals surface area contributed by atoms with Gasteiger partial charge in [-0.05, 0) is 52.7 Å². The van der Waals surface area contributed by atoms with Crippen LogP contribution in [0.15, 0.2) is 41.1 Å². The molecule has 0 aliphatic heterocycles. The van der Waals surface area contributed by atoms with Crippen LogP contribution in [0.2, 0.25) is 10.0 Å². The standard InChI is InChI=1S/C19H15BrCl2N6O3/c1-10-6-11(21)7-12(19(31)27(2)24-9-29)16(10)25-18(30)14-8-15(20)26-28(14)17-13(22)4-3-5-23-17/h3-9H,1-2H3,(H,24,29)(H,25,30). The number of halogens is 3. The Morgan fingerprint density at radius 3 is 2.68 bits per heavy atom. The summed E-state index contributed by atoms with van der Waals surface area (Å²) in [7, 11) is 1.37. The molecule has 0 atom stereocenters. The zero-order valence-electron chi connectivity index (χ0n) is 16.2. The summed E-state index contributed by atoms with van der Waals surface area (Å²) in [5, 5.41) is 8.53. The molecular weight excluding hydrogens is 511 g/mol. The van der Waals surface area contributed by atoms with Crippen LogP contribution in [-0.4, -0.2) is 45.0 Å². The zero-order valence-corrected chi connectivity index (χ0v) is 19.3. The Balaban J connectivity index is 2.03. The quantitative estimate of drug-likeness (QED) is 0.377. The Morgan fingerprint density at radius 2 is 2.00 bits per heavy atom. The molecule has 0 aliphatic rings. The number of nitrogens with one attached hydrogen (secondary N) is 2. The van der Waals surface area contributed by atoms with Crippen LogP contribution in [0.3, 0.4) is 0 Å². The number of carbonyl (C=O) groups excluding carboxylic acids is 3. The molecule has 0 aliphatic carbocycles. The number of benzene rings is 1. The lowest BCUT2D eigenvalue weighted by Crippen LogP contribution is -2.39. The van der Waals surface area contributed by atoms with Crippen molar-refractivity contribution in [3.63, 3.8) is 0 Å². The lowest BCUT2D eigenvalue weighted by molar-refractivity contribution is -0.112. The molecular formula is C19H15BrCl2N6O3. The number of aromatic nitrogens is 3. The van der Waals surface area contributed by atoms with Crippen molar-refractivity contribution in [2.45, 2.75) is 6.92 Å². The van der Waals surface area contributed by atoms with Crippen LogP contribution in [0.25, 0.3) is 5.82 Å². The summed E-state index contributed by atoms with van der Waals surface area (Å²) in [6, 6.07) is 7.77. The third-order valence-corrected chi connectivity index (χ3v) is 5.07. The third kappa shape index (κ3) is 4.87. The van der Waals surface area contributed by atoms with E-state index in [1.54, 1.807) is 25.1 Å². The lowest BCUT2D eigenvalue weighted by Gasteiger charge is -2.19. The summed E-state index contributed by atoms with van der Waals surface area (Å²) in [5.41, 5.74) is 3.24. The van der Waals surface area contributed by atoms with Crippen LogP contribution in [0.1, 0.15) is 26.4 Å². The molecule has 0 bridgehead atoms. The maximum absolute atomic E-state index is 13.1. The molecule has 12 heteroatoms. The minimum absolute atomic E-state index is 0.0937. The monoisotopic (exact) mass is 524 g/mol. The van der Waals surface area contributed by atoms with Gasteiger partial charge in [0.1, 0.15) is 10.3 Å².